The minimum absolute atomic E-state index is 0.0127. The fraction of sp³-hybridized carbons (Fsp3) is 0.364. The number of para-hydroxylation sites is 1. The first-order valence-electron chi connectivity index (χ1n) is 9.50. The third-order valence-corrected chi connectivity index (χ3v) is 4.34. The first-order chi connectivity index (χ1) is 13.1. The van der Waals surface area contributed by atoms with Crippen LogP contribution in [0.4, 0.5) is 11.4 Å². The number of aryl methyl sites for hydroxylation is 2. The van der Waals surface area contributed by atoms with Crippen molar-refractivity contribution >= 4 is 23.3 Å². The van der Waals surface area contributed by atoms with E-state index in [2.05, 4.69) is 36.6 Å². The summed E-state index contributed by atoms with van der Waals surface area (Å²) in [6.45, 7) is 6.83. The highest BCUT2D eigenvalue weighted by Gasteiger charge is 2.10. The first kappa shape index (κ1) is 20.5. The van der Waals surface area contributed by atoms with E-state index in [0.29, 0.717) is 25.1 Å². The molecule has 0 atom stereocenters. The molecule has 0 unspecified atom stereocenters. The number of ether oxygens (including phenoxy) is 1. The Hall–Kier alpha value is -2.82. The van der Waals surface area contributed by atoms with Crippen LogP contribution in [0.25, 0.3) is 0 Å². The van der Waals surface area contributed by atoms with E-state index in [1.54, 1.807) is 19.1 Å². The lowest BCUT2D eigenvalue weighted by Gasteiger charge is -2.14. The van der Waals surface area contributed by atoms with Crippen LogP contribution in [0.1, 0.15) is 48.7 Å². The van der Waals surface area contributed by atoms with E-state index in [1.807, 2.05) is 18.2 Å². The van der Waals surface area contributed by atoms with Crippen molar-refractivity contribution in [1.82, 2.24) is 0 Å². The zero-order valence-corrected chi connectivity index (χ0v) is 16.3. The highest BCUT2D eigenvalue weighted by molar-refractivity contribution is 5.93. The van der Waals surface area contributed by atoms with Gasteiger partial charge >= 0.3 is 5.97 Å². The molecule has 0 aliphatic rings. The molecule has 0 heterocycles. The molecular formula is C22H28N2O3. The molecule has 5 nitrogen and oxygen atoms in total. The van der Waals surface area contributed by atoms with Crippen molar-refractivity contribution in [2.75, 3.05) is 23.8 Å². The van der Waals surface area contributed by atoms with Crippen LogP contribution in [-0.2, 0) is 22.4 Å². The molecule has 2 aromatic carbocycles. The molecule has 144 valence electrons. The standard InChI is InChI=1S/C22H28N2O3/c1-4-16-8-7-9-17(5-2)21(16)24-20(25)14-15-23-19-12-10-18(11-13-19)22(26)27-6-3/h7-13,23H,4-6,14-15H2,1-3H3,(H,24,25). The van der Waals surface area contributed by atoms with Crippen molar-refractivity contribution in [3.05, 3.63) is 59.2 Å². The van der Waals surface area contributed by atoms with Crippen molar-refractivity contribution in [3.63, 3.8) is 0 Å². The van der Waals surface area contributed by atoms with Gasteiger partial charge in [0.25, 0.3) is 0 Å². The predicted molar refractivity (Wildman–Crippen MR) is 109 cm³/mol. The number of amides is 1. The van der Waals surface area contributed by atoms with Crippen molar-refractivity contribution in [1.29, 1.82) is 0 Å². The third-order valence-electron chi connectivity index (χ3n) is 4.34. The lowest BCUT2D eigenvalue weighted by molar-refractivity contribution is -0.116. The lowest BCUT2D eigenvalue weighted by atomic mass is 10.0. The van der Waals surface area contributed by atoms with Crippen molar-refractivity contribution < 1.29 is 14.3 Å². The zero-order valence-electron chi connectivity index (χ0n) is 16.3. The van der Waals surface area contributed by atoms with Gasteiger partial charge in [0.1, 0.15) is 0 Å². The Kier molecular flexibility index (Phi) is 7.86. The molecule has 27 heavy (non-hydrogen) atoms. The van der Waals surface area contributed by atoms with Crippen LogP contribution in [0.3, 0.4) is 0 Å². The van der Waals surface area contributed by atoms with Crippen molar-refractivity contribution in [2.45, 2.75) is 40.0 Å². The summed E-state index contributed by atoms with van der Waals surface area (Å²) in [5.74, 6) is -0.342. The molecule has 5 heteroatoms. The van der Waals surface area contributed by atoms with Gasteiger partial charge in [-0.05, 0) is 55.2 Å². The summed E-state index contributed by atoms with van der Waals surface area (Å²) in [7, 11) is 0. The fourth-order valence-corrected chi connectivity index (χ4v) is 2.86. The van der Waals surface area contributed by atoms with Crippen LogP contribution in [-0.4, -0.2) is 25.0 Å². The fourth-order valence-electron chi connectivity index (χ4n) is 2.86. The van der Waals surface area contributed by atoms with Gasteiger partial charge in [-0.15, -0.1) is 0 Å². The largest absolute Gasteiger partial charge is 0.462 e. The van der Waals surface area contributed by atoms with Gasteiger partial charge in [0.2, 0.25) is 5.91 Å². The molecule has 0 fully saturated rings. The van der Waals surface area contributed by atoms with Gasteiger partial charge in [-0.3, -0.25) is 4.79 Å². The minimum Gasteiger partial charge on any atom is -0.462 e. The number of rotatable bonds is 9. The molecule has 0 radical (unpaired) electrons. The average molecular weight is 368 g/mol. The number of anilines is 2. The summed E-state index contributed by atoms with van der Waals surface area (Å²) in [6.07, 6.45) is 2.13. The number of esters is 1. The van der Waals surface area contributed by atoms with E-state index in [1.165, 1.54) is 0 Å². The topological polar surface area (TPSA) is 67.4 Å². The first-order valence-corrected chi connectivity index (χ1v) is 9.50. The van der Waals surface area contributed by atoms with Gasteiger partial charge in [-0.1, -0.05) is 32.0 Å². The number of benzene rings is 2. The number of carbonyl (C=O) groups is 2. The molecule has 0 saturated heterocycles. The van der Waals surface area contributed by atoms with Crippen LogP contribution in [0, 0.1) is 0 Å². The number of hydrogen-bond donors (Lipinski definition) is 2. The highest BCUT2D eigenvalue weighted by Crippen LogP contribution is 2.22. The highest BCUT2D eigenvalue weighted by atomic mass is 16.5. The Morgan fingerprint density at radius 3 is 2.11 bits per heavy atom. The Bertz CT molecular complexity index is 747. The summed E-state index contributed by atoms with van der Waals surface area (Å²) in [5, 5.41) is 6.27. The monoisotopic (exact) mass is 368 g/mol. The molecule has 0 aliphatic carbocycles. The molecule has 2 aromatic rings. The predicted octanol–water partition coefficient (Wildman–Crippen LogP) is 4.43. The summed E-state index contributed by atoms with van der Waals surface area (Å²) >= 11 is 0. The molecule has 0 spiro atoms. The molecular weight excluding hydrogens is 340 g/mol. The second-order valence-electron chi connectivity index (χ2n) is 6.18. The maximum atomic E-state index is 12.3. The quantitative estimate of drug-likeness (QED) is 0.643. The van der Waals surface area contributed by atoms with Crippen LogP contribution < -0.4 is 10.6 Å². The van der Waals surface area contributed by atoms with Crippen molar-refractivity contribution in [3.8, 4) is 0 Å². The maximum absolute atomic E-state index is 12.3. The maximum Gasteiger partial charge on any atom is 0.338 e. The summed E-state index contributed by atoms with van der Waals surface area (Å²) in [6, 6.07) is 13.2. The lowest BCUT2D eigenvalue weighted by Crippen LogP contribution is -2.18. The minimum atomic E-state index is -0.329. The number of hydrogen-bond acceptors (Lipinski definition) is 4. The summed E-state index contributed by atoms with van der Waals surface area (Å²) < 4.78 is 4.96. The smallest absolute Gasteiger partial charge is 0.338 e. The van der Waals surface area contributed by atoms with Crippen LogP contribution in [0.15, 0.2) is 42.5 Å². The van der Waals surface area contributed by atoms with E-state index in [9.17, 15) is 9.59 Å². The van der Waals surface area contributed by atoms with E-state index in [0.717, 1.165) is 35.3 Å². The Labute approximate surface area is 161 Å². The van der Waals surface area contributed by atoms with E-state index >= 15 is 0 Å². The van der Waals surface area contributed by atoms with Gasteiger partial charge in [0.15, 0.2) is 0 Å². The van der Waals surface area contributed by atoms with Crippen LogP contribution in [0.2, 0.25) is 0 Å². The van der Waals surface area contributed by atoms with E-state index < -0.39 is 0 Å². The SMILES string of the molecule is CCOC(=O)c1ccc(NCCC(=O)Nc2c(CC)cccc2CC)cc1. The van der Waals surface area contributed by atoms with Gasteiger partial charge in [-0.25, -0.2) is 4.79 Å². The van der Waals surface area contributed by atoms with Gasteiger partial charge < -0.3 is 15.4 Å². The molecule has 0 saturated carbocycles. The zero-order chi connectivity index (χ0) is 19.6. The Balaban J connectivity index is 1.87. The average Bonchev–Trinajstić information content (AvgIpc) is 2.68. The molecule has 1 amide bonds. The normalized spacial score (nSPS) is 10.3. The summed E-state index contributed by atoms with van der Waals surface area (Å²) in [4.78, 5) is 24.0. The number of nitrogens with one attached hydrogen (secondary N) is 2. The van der Waals surface area contributed by atoms with Gasteiger partial charge in [0.05, 0.1) is 12.2 Å². The third kappa shape index (κ3) is 5.84. The number of carbonyl (C=O) groups excluding carboxylic acids is 2. The molecule has 2 rings (SSSR count). The molecule has 2 N–H and O–H groups in total. The van der Waals surface area contributed by atoms with Gasteiger partial charge in [-0.2, -0.15) is 0 Å². The second kappa shape index (κ2) is 10.4. The Morgan fingerprint density at radius 2 is 1.56 bits per heavy atom. The second-order valence-corrected chi connectivity index (χ2v) is 6.18. The van der Waals surface area contributed by atoms with Crippen LogP contribution in [0.5, 0.6) is 0 Å². The summed E-state index contributed by atoms with van der Waals surface area (Å²) in [5.41, 5.74) is 4.64. The van der Waals surface area contributed by atoms with E-state index in [4.69, 9.17) is 4.74 Å². The molecule has 0 aromatic heterocycles. The van der Waals surface area contributed by atoms with Crippen molar-refractivity contribution in [2.24, 2.45) is 0 Å². The van der Waals surface area contributed by atoms with E-state index in [-0.39, 0.29) is 11.9 Å². The molecule has 0 aliphatic heterocycles. The van der Waals surface area contributed by atoms with Gasteiger partial charge in [0, 0.05) is 24.3 Å². The molecule has 0 bridgehead atoms. The Morgan fingerprint density at radius 1 is 0.926 bits per heavy atom. The van der Waals surface area contributed by atoms with Crippen LogP contribution >= 0.6 is 0 Å².